The first kappa shape index (κ1) is 20.0. The number of ether oxygens (including phenoxy) is 2. The second kappa shape index (κ2) is 8.70. The molecule has 32 heavy (non-hydrogen) atoms. The summed E-state index contributed by atoms with van der Waals surface area (Å²) >= 11 is 0. The molecule has 2 aromatic heterocycles. The average Bonchev–Trinajstić information content (AvgIpc) is 3.48. The lowest BCUT2D eigenvalue weighted by Gasteiger charge is -2.35. The van der Waals surface area contributed by atoms with E-state index in [0.29, 0.717) is 29.3 Å². The van der Waals surface area contributed by atoms with Crippen LogP contribution >= 0.6 is 0 Å². The molecule has 9 heteroatoms. The number of piperidine rings is 1. The van der Waals surface area contributed by atoms with E-state index in [2.05, 4.69) is 15.4 Å². The third-order valence-corrected chi connectivity index (χ3v) is 5.68. The van der Waals surface area contributed by atoms with Gasteiger partial charge in [0.05, 0.1) is 23.6 Å². The summed E-state index contributed by atoms with van der Waals surface area (Å²) in [6, 6.07) is 10.8. The number of carbonyl (C=O) groups is 2. The Morgan fingerprint density at radius 1 is 1.12 bits per heavy atom. The molecule has 0 unspecified atom stereocenters. The number of benzene rings is 1. The second-order valence-electron chi connectivity index (χ2n) is 7.80. The monoisotopic (exact) mass is 433 g/mol. The van der Waals surface area contributed by atoms with Crippen LogP contribution in [0.25, 0.3) is 0 Å². The highest BCUT2D eigenvalue weighted by atomic mass is 16.7. The third kappa shape index (κ3) is 4.14. The maximum atomic E-state index is 13.0. The Labute approximate surface area is 185 Å². The minimum absolute atomic E-state index is 0.0156. The number of hydrogen-bond acceptors (Lipinski definition) is 6. The molecule has 3 aromatic rings. The largest absolute Gasteiger partial charge is 0.454 e. The van der Waals surface area contributed by atoms with E-state index in [-0.39, 0.29) is 31.2 Å². The van der Waals surface area contributed by atoms with Crippen molar-refractivity contribution in [3.63, 3.8) is 0 Å². The molecule has 0 saturated carbocycles. The molecule has 164 valence electrons. The summed E-state index contributed by atoms with van der Waals surface area (Å²) in [5, 5.41) is 7.05. The Hall–Kier alpha value is -3.88. The van der Waals surface area contributed by atoms with Crippen LogP contribution in [0.5, 0.6) is 11.5 Å². The summed E-state index contributed by atoms with van der Waals surface area (Å²) in [4.78, 5) is 31.9. The number of aromatic nitrogens is 3. The van der Waals surface area contributed by atoms with Gasteiger partial charge in [-0.1, -0.05) is 6.07 Å². The Morgan fingerprint density at radius 2 is 2.03 bits per heavy atom. The number of rotatable bonds is 5. The standard InChI is InChI=1S/C23H23N5O4/c29-22(28-10-4-2-6-19(28)18-5-1-3-9-24-18)14-27-13-17(12-25-27)26-23(30)16-7-8-20-21(11-16)32-15-31-20/h1,3,5,7-9,11-13,19H,2,4,6,10,14-15H2,(H,26,30)/t19-/m0/s1. The maximum Gasteiger partial charge on any atom is 0.255 e. The summed E-state index contributed by atoms with van der Waals surface area (Å²) in [7, 11) is 0. The van der Waals surface area contributed by atoms with E-state index in [1.807, 2.05) is 23.1 Å². The number of likely N-dealkylation sites (tertiary alicyclic amines) is 1. The lowest BCUT2D eigenvalue weighted by atomic mass is 9.98. The molecule has 4 heterocycles. The van der Waals surface area contributed by atoms with E-state index < -0.39 is 0 Å². The first-order chi connectivity index (χ1) is 15.7. The Balaban J connectivity index is 1.23. The molecule has 1 atom stereocenters. The van der Waals surface area contributed by atoms with Gasteiger partial charge in [-0.05, 0) is 49.6 Å². The molecule has 1 saturated heterocycles. The molecule has 1 fully saturated rings. The quantitative estimate of drug-likeness (QED) is 0.664. The van der Waals surface area contributed by atoms with Gasteiger partial charge in [0, 0.05) is 24.5 Å². The fraction of sp³-hybridized carbons (Fsp3) is 0.304. The van der Waals surface area contributed by atoms with Gasteiger partial charge >= 0.3 is 0 Å². The van der Waals surface area contributed by atoms with E-state index in [1.165, 1.54) is 6.20 Å². The van der Waals surface area contributed by atoms with Crippen LogP contribution in [0.2, 0.25) is 0 Å². The first-order valence-electron chi connectivity index (χ1n) is 10.6. The number of anilines is 1. The zero-order valence-electron chi connectivity index (χ0n) is 17.4. The summed E-state index contributed by atoms with van der Waals surface area (Å²) in [5.41, 5.74) is 1.88. The average molecular weight is 433 g/mol. The van der Waals surface area contributed by atoms with E-state index in [4.69, 9.17) is 9.47 Å². The van der Waals surface area contributed by atoms with Crippen LogP contribution in [0.1, 0.15) is 41.4 Å². The van der Waals surface area contributed by atoms with Crippen molar-refractivity contribution in [2.24, 2.45) is 0 Å². The predicted molar refractivity (Wildman–Crippen MR) is 115 cm³/mol. The first-order valence-corrected chi connectivity index (χ1v) is 10.6. The number of nitrogens with one attached hydrogen (secondary N) is 1. The van der Waals surface area contributed by atoms with Gasteiger partial charge in [0.15, 0.2) is 11.5 Å². The zero-order chi connectivity index (χ0) is 21.9. The zero-order valence-corrected chi connectivity index (χ0v) is 17.4. The van der Waals surface area contributed by atoms with Gasteiger partial charge in [-0.3, -0.25) is 19.3 Å². The van der Waals surface area contributed by atoms with Crippen molar-refractivity contribution >= 4 is 17.5 Å². The van der Waals surface area contributed by atoms with Crippen molar-refractivity contribution in [2.75, 3.05) is 18.7 Å². The smallest absolute Gasteiger partial charge is 0.255 e. The minimum atomic E-state index is -0.291. The molecule has 1 N–H and O–H groups in total. The van der Waals surface area contributed by atoms with E-state index in [9.17, 15) is 9.59 Å². The van der Waals surface area contributed by atoms with Crippen molar-refractivity contribution in [3.05, 3.63) is 66.2 Å². The van der Waals surface area contributed by atoms with E-state index in [0.717, 1.165) is 25.0 Å². The Morgan fingerprint density at radius 3 is 2.91 bits per heavy atom. The number of hydrogen-bond donors (Lipinski definition) is 1. The van der Waals surface area contributed by atoms with Gasteiger partial charge in [0.25, 0.3) is 5.91 Å². The van der Waals surface area contributed by atoms with Crippen LogP contribution in [-0.4, -0.2) is 44.8 Å². The lowest BCUT2D eigenvalue weighted by molar-refractivity contribution is -0.136. The molecule has 0 radical (unpaired) electrons. The molecule has 2 aliphatic heterocycles. The SMILES string of the molecule is O=C(Nc1cnn(CC(=O)N2CCCC[C@H]2c2ccccn2)c1)c1ccc2c(c1)OCO2. The summed E-state index contributed by atoms with van der Waals surface area (Å²) in [5.74, 6) is 0.857. The molecule has 1 aromatic carbocycles. The van der Waals surface area contributed by atoms with Crippen molar-refractivity contribution < 1.29 is 19.1 Å². The molecule has 9 nitrogen and oxygen atoms in total. The molecule has 5 rings (SSSR count). The summed E-state index contributed by atoms with van der Waals surface area (Å²) in [6.07, 6.45) is 7.90. The van der Waals surface area contributed by atoms with Crippen molar-refractivity contribution in [1.82, 2.24) is 19.7 Å². The highest BCUT2D eigenvalue weighted by Gasteiger charge is 2.29. The molecule has 2 amide bonds. The van der Waals surface area contributed by atoms with Gasteiger partial charge in [-0.2, -0.15) is 5.10 Å². The van der Waals surface area contributed by atoms with Crippen LogP contribution in [0, 0.1) is 0 Å². The fourth-order valence-corrected chi connectivity index (χ4v) is 4.10. The highest BCUT2D eigenvalue weighted by molar-refractivity contribution is 6.04. The second-order valence-corrected chi connectivity index (χ2v) is 7.80. The fourth-order valence-electron chi connectivity index (χ4n) is 4.10. The molecular formula is C23H23N5O4. The number of carbonyl (C=O) groups excluding carboxylic acids is 2. The van der Waals surface area contributed by atoms with Crippen molar-refractivity contribution in [3.8, 4) is 11.5 Å². The maximum absolute atomic E-state index is 13.0. The third-order valence-electron chi connectivity index (χ3n) is 5.68. The van der Waals surface area contributed by atoms with Crippen LogP contribution in [0.3, 0.4) is 0 Å². The number of pyridine rings is 1. The normalized spacial score (nSPS) is 17.2. The van der Waals surface area contributed by atoms with Crippen molar-refractivity contribution in [1.29, 1.82) is 0 Å². The van der Waals surface area contributed by atoms with Gasteiger partial charge in [0.2, 0.25) is 12.7 Å². The minimum Gasteiger partial charge on any atom is -0.454 e. The topological polar surface area (TPSA) is 98.6 Å². The number of fused-ring (bicyclic) bond motifs is 1. The predicted octanol–water partition coefficient (Wildman–Crippen LogP) is 3.01. The van der Waals surface area contributed by atoms with Gasteiger partial charge in [-0.25, -0.2) is 0 Å². The van der Waals surface area contributed by atoms with Gasteiger partial charge in [-0.15, -0.1) is 0 Å². The molecular weight excluding hydrogens is 410 g/mol. The molecule has 2 aliphatic rings. The summed E-state index contributed by atoms with van der Waals surface area (Å²) < 4.78 is 12.1. The Bertz CT molecular complexity index is 1130. The number of amides is 2. The van der Waals surface area contributed by atoms with E-state index in [1.54, 1.807) is 35.3 Å². The number of nitrogens with zero attached hydrogens (tertiary/aromatic N) is 4. The van der Waals surface area contributed by atoms with Gasteiger partial charge in [0.1, 0.15) is 6.54 Å². The van der Waals surface area contributed by atoms with Crippen LogP contribution < -0.4 is 14.8 Å². The molecule has 0 aliphatic carbocycles. The van der Waals surface area contributed by atoms with Gasteiger partial charge < -0.3 is 19.7 Å². The lowest BCUT2D eigenvalue weighted by Crippen LogP contribution is -2.40. The van der Waals surface area contributed by atoms with E-state index >= 15 is 0 Å². The van der Waals surface area contributed by atoms with Crippen LogP contribution in [-0.2, 0) is 11.3 Å². The Kier molecular flexibility index (Phi) is 5.45. The van der Waals surface area contributed by atoms with Crippen molar-refractivity contribution in [2.45, 2.75) is 31.8 Å². The molecule has 0 spiro atoms. The molecule has 0 bridgehead atoms. The summed E-state index contributed by atoms with van der Waals surface area (Å²) in [6.45, 7) is 0.956. The van der Waals surface area contributed by atoms with Crippen LogP contribution in [0.4, 0.5) is 5.69 Å². The van der Waals surface area contributed by atoms with Crippen LogP contribution in [0.15, 0.2) is 55.0 Å². The highest BCUT2D eigenvalue weighted by Crippen LogP contribution is 2.33.